The minimum atomic E-state index is -0.914. The average molecular weight is 413 g/mol. The highest BCUT2D eigenvalue weighted by molar-refractivity contribution is 9.10. The molecule has 0 spiro atoms. The van der Waals surface area contributed by atoms with Crippen molar-refractivity contribution in [3.63, 3.8) is 0 Å². The number of pyridine rings is 1. The predicted molar refractivity (Wildman–Crippen MR) is 95.9 cm³/mol. The molecular formula is C15H17BrN4O3S. The van der Waals surface area contributed by atoms with Crippen LogP contribution in [0.5, 0.6) is 0 Å². The Balaban J connectivity index is 2.13. The Morgan fingerprint density at radius 2 is 2.08 bits per heavy atom. The molecule has 7 nitrogen and oxygen atoms in total. The van der Waals surface area contributed by atoms with Crippen molar-refractivity contribution in [1.82, 2.24) is 19.4 Å². The number of aryl methyl sites for hydroxylation is 1. The first-order chi connectivity index (χ1) is 11.4. The van der Waals surface area contributed by atoms with Gasteiger partial charge in [0.05, 0.1) is 4.47 Å². The molecule has 2 aromatic rings. The third kappa shape index (κ3) is 2.90. The van der Waals surface area contributed by atoms with Crippen molar-refractivity contribution in [2.45, 2.75) is 31.0 Å². The van der Waals surface area contributed by atoms with Crippen LogP contribution < -0.4 is 5.56 Å². The van der Waals surface area contributed by atoms with Crippen molar-refractivity contribution in [2.75, 3.05) is 19.3 Å². The summed E-state index contributed by atoms with van der Waals surface area (Å²) in [7, 11) is 0. The Morgan fingerprint density at radius 3 is 2.67 bits per heavy atom. The molecular weight excluding hydrogens is 396 g/mol. The quantitative estimate of drug-likeness (QED) is 0.602. The molecule has 1 N–H and O–H groups in total. The smallest absolute Gasteiger partial charge is 0.407 e. The van der Waals surface area contributed by atoms with Crippen LogP contribution in [0.2, 0.25) is 0 Å². The summed E-state index contributed by atoms with van der Waals surface area (Å²) in [6.45, 7) is 2.70. The minimum Gasteiger partial charge on any atom is -0.465 e. The number of aromatic nitrogens is 3. The zero-order valence-electron chi connectivity index (χ0n) is 13.3. The summed E-state index contributed by atoms with van der Waals surface area (Å²) in [4.78, 5) is 34.2. The number of likely N-dealkylation sites (tertiary alicyclic amines) is 1. The number of nitrogens with zero attached hydrogens (tertiary/aromatic N) is 4. The third-order valence-corrected chi connectivity index (χ3v) is 5.89. The standard InChI is InChI=1S/C15H17BrN4O3S/c1-8-10-7-17-14(24-2)18-12(10)20(13(21)11(8)16)9-3-5-19(6-4-9)15(22)23/h7,9H,3-6H2,1-2H3,(H,22,23). The molecule has 24 heavy (non-hydrogen) atoms. The molecule has 0 unspecified atom stereocenters. The van der Waals surface area contributed by atoms with Crippen molar-refractivity contribution < 1.29 is 9.90 Å². The molecule has 1 fully saturated rings. The van der Waals surface area contributed by atoms with Gasteiger partial charge in [-0.25, -0.2) is 14.8 Å². The minimum absolute atomic E-state index is 0.0721. The molecule has 0 aromatic carbocycles. The van der Waals surface area contributed by atoms with Gasteiger partial charge in [0.2, 0.25) is 0 Å². The lowest BCUT2D eigenvalue weighted by Gasteiger charge is -2.31. The van der Waals surface area contributed by atoms with E-state index in [4.69, 9.17) is 5.11 Å². The largest absolute Gasteiger partial charge is 0.465 e. The topological polar surface area (TPSA) is 88.3 Å². The van der Waals surface area contributed by atoms with Gasteiger partial charge in [-0.3, -0.25) is 9.36 Å². The van der Waals surface area contributed by atoms with Gasteiger partial charge in [-0.2, -0.15) is 0 Å². The second-order valence-electron chi connectivity index (χ2n) is 5.71. The number of amides is 1. The zero-order valence-corrected chi connectivity index (χ0v) is 15.7. The van der Waals surface area contributed by atoms with Gasteiger partial charge in [-0.05, 0) is 47.5 Å². The van der Waals surface area contributed by atoms with Crippen LogP contribution in [-0.2, 0) is 0 Å². The van der Waals surface area contributed by atoms with Crippen molar-refractivity contribution in [3.05, 3.63) is 26.6 Å². The zero-order chi connectivity index (χ0) is 17.4. The van der Waals surface area contributed by atoms with E-state index in [9.17, 15) is 9.59 Å². The van der Waals surface area contributed by atoms with Crippen LogP contribution in [0, 0.1) is 6.92 Å². The summed E-state index contributed by atoms with van der Waals surface area (Å²) in [6.07, 6.45) is 3.91. The Morgan fingerprint density at radius 1 is 1.42 bits per heavy atom. The molecule has 1 amide bonds. The van der Waals surface area contributed by atoms with Gasteiger partial charge in [0.15, 0.2) is 5.16 Å². The molecule has 1 saturated heterocycles. The summed E-state index contributed by atoms with van der Waals surface area (Å²) in [5.41, 5.74) is 1.32. The Bertz CT molecular complexity index is 862. The number of carboxylic acid groups (broad SMARTS) is 1. The number of hydrogen-bond donors (Lipinski definition) is 1. The van der Waals surface area contributed by atoms with Crippen molar-refractivity contribution >= 4 is 44.8 Å². The summed E-state index contributed by atoms with van der Waals surface area (Å²) >= 11 is 4.81. The highest BCUT2D eigenvalue weighted by Crippen LogP contribution is 2.28. The fourth-order valence-electron chi connectivity index (χ4n) is 3.04. The van der Waals surface area contributed by atoms with Crippen LogP contribution in [0.25, 0.3) is 11.0 Å². The van der Waals surface area contributed by atoms with Crippen LogP contribution in [0.3, 0.4) is 0 Å². The normalized spacial score (nSPS) is 15.9. The van der Waals surface area contributed by atoms with E-state index in [-0.39, 0.29) is 11.6 Å². The molecule has 0 aliphatic carbocycles. The first-order valence-electron chi connectivity index (χ1n) is 7.53. The average Bonchev–Trinajstić information content (AvgIpc) is 2.60. The van der Waals surface area contributed by atoms with Gasteiger partial charge >= 0.3 is 6.09 Å². The van der Waals surface area contributed by atoms with Crippen molar-refractivity contribution in [3.8, 4) is 0 Å². The number of rotatable bonds is 2. The Kier molecular flexibility index (Phi) is 4.82. The Labute approximate surface area is 151 Å². The summed E-state index contributed by atoms with van der Waals surface area (Å²) in [5.74, 6) is 0. The third-order valence-electron chi connectivity index (χ3n) is 4.40. The van der Waals surface area contributed by atoms with E-state index in [2.05, 4.69) is 25.9 Å². The van der Waals surface area contributed by atoms with Gasteiger partial charge in [0.1, 0.15) is 5.65 Å². The monoisotopic (exact) mass is 412 g/mol. The van der Waals surface area contributed by atoms with Gasteiger partial charge in [0, 0.05) is 30.7 Å². The van der Waals surface area contributed by atoms with Crippen LogP contribution in [0.4, 0.5) is 4.79 Å². The first-order valence-corrected chi connectivity index (χ1v) is 9.55. The van der Waals surface area contributed by atoms with E-state index >= 15 is 0 Å². The summed E-state index contributed by atoms with van der Waals surface area (Å²) in [5, 5.41) is 10.5. The molecule has 3 rings (SSSR count). The Hall–Kier alpha value is -1.61. The first kappa shape index (κ1) is 17.2. The molecule has 128 valence electrons. The fourth-order valence-corrected chi connectivity index (χ4v) is 3.78. The van der Waals surface area contributed by atoms with E-state index in [0.29, 0.717) is 41.2 Å². The lowest BCUT2D eigenvalue weighted by molar-refractivity contribution is 0.125. The molecule has 0 bridgehead atoms. The van der Waals surface area contributed by atoms with E-state index in [1.54, 1.807) is 10.8 Å². The molecule has 3 heterocycles. The second-order valence-corrected chi connectivity index (χ2v) is 7.28. The van der Waals surface area contributed by atoms with E-state index in [1.807, 2.05) is 13.2 Å². The maximum Gasteiger partial charge on any atom is 0.407 e. The van der Waals surface area contributed by atoms with Gasteiger partial charge in [0.25, 0.3) is 5.56 Å². The van der Waals surface area contributed by atoms with Gasteiger partial charge in [-0.1, -0.05) is 11.8 Å². The summed E-state index contributed by atoms with van der Waals surface area (Å²) < 4.78 is 2.21. The number of piperidine rings is 1. The highest BCUT2D eigenvalue weighted by Gasteiger charge is 2.27. The number of halogens is 1. The number of thioether (sulfide) groups is 1. The highest BCUT2D eigenvalue weighted by atomic mass is 79.9. The van der Waals surface area contributed by atoms with Crippen molar-refractivity contribution in [1.29, 1.82) is 0 Å². The van der Waals surface area contributed by atoms with Crippen LogP contribution >= 0.6 is 27.7 Å². The molecule has 1 aliphatic heterocycles. The predicted octanol–water partition coefficient (Wildman–Crippen LogP) is 2.90. The van der Waals surface area contributed by atoms with Crippen LogP contribution in [-0.4, -0.2) is 50.0 Å². The maximum atomic E-state index is 12.8. The van der Waals surface area contributed by atoms with Gasteiger partial charge < -0.3 is 10.0 Å². The van der Waals surface area contributed by atoms with E-state index in [1.165, 1.54) is 16.7 Å². The number of hydrogen-bond acceptors (Lipinski definition) is 5. The van der Waals surface area contributed by atoms with Crippen molar-refractivity contribution in [2.24, 2.45) is 0 Å². The van der Waals surface area contributed by atoms with E-state index < -0.39 is 6.09 Å². The SMILES string of the molecule is CSc1ncc2c(C)c(Br)c(=O)n(C3CCN(C(=O)O)CC3)c2n1. The summed E-state index contributed by atoms with van der Waals surface area (Å²) in [6, 6.07) is -0.0721. The number of carbonyl (C=O) groups is 1. The van der Waals surface area contributed by atoms with Crippen LogP contribution in [0.1, 0.15) is 24.4 Å². The lowest BCUT2D eigenvalue weighted by Crippen LogP contribution is -2.40. The molecule has 9 heteroatoms. The van der Waals surface area contributed by atoms with Gasteiger partial charge in [-0.15, -0.1) is 0 Å². The van der Waals surface area contributed by atoms with E-state index in [0.717, 1.165) is 10.9 Å². The maximum absolute atomic E-state index is 12.8. The molecule has 0 saturated carbocycles. The second kappa shape index (κ2) is 6.72. The van der Waals surface area contributed by atoms with Crippen LogP contribution in [0.15, 0.2) is 20.6 Å². The molecule has 2 aromatic heterocycles. The number of fused-ring (bicyclic) bond motifs is 1. The molecule has 1 aliphatic rings. The molecule has 0 atom stereocenters. The lowest BCUT2D eigenvalue weighted by atomic mass is 10.0. The molecule has 0 radical (unpaired) electrons. The fraction of sp³-hybridized carbons (Fsp3) is 0.467.